The maximum absolute atomic E-state index is 11.6. The van der Waals surface area contributed by atoms with Gasteiger partial charge in [-0.05, 0) is 5.56 Å². The van der Waals surface area contributed by atoms with E-state index in [1.165, 1.54) is 5.56 Å². The van der Waals surface area contributed by atoms with Gasteiger partial charge < -0.3 is 4.90 Å². The van der Waals surface area contributed by atoms with Crippen LogP contribution in [0.3, 0.4) is 0 Å². The number of nitrogens with zero attached hydrogens (tertiary/aromatic N) is 4. The monoisotopic (exact) mass is 344 g/mol. The van der Waals surface area contributed by atoms with Gasteiger partial charge in [-0.2, -0.15) is 10.2 Å². The Labute approximate surface area is 143 Å². The summed E-state index contributed by atoms with van der Waals surface area (Å²) in [6.45, 7) is 4.28. The fourth-order valence-corrected chi connectivity index (χ4v) is 3.36. The van der Waals surface area contributed by atoms with Crippen molar-refractivity contribution in [2.75, 3.05) is 31.1 Å². The Bertz CT molecular complexity index is 912. The first-order valence-corrected chi connectivity index (χ1v) is 8.21. The molecule has 1 saturated heterocycles. The van der Waals surface area contributed by atoms with Crippen molar-refractivity contribution in [3.8, 4) is 0 Å². The van der Waals surface area contributed by atoms with Gasteiger partial charge in [0, 0.05) is 38.1 Å². The lowest BCUT2D eigenvalue weighted by Gasteiger charge is -2.36. The van der Waals surface area contributed by atoms with Gasteiger partial charge in [-0.3, -0.25) is 14.8 Å². The molecule has 2 aromatic heterocycles. The van der Waals surface area contributed by atoms with Gasteiger partial charge in [0.15, 0.2) is 0 Å². The number of halogens is 1. The van der Waals surface area contributed by atoms with Crippen molar-refractivity contribution in [3.63, 3.8) is 0 Å². The van der Waals surface area contributed by atoms with E-state index >= 15 is 0 Å². The van der Waals surface area contributed by atoms with Crippen molar-refractivity contribution in [2.45, 2.75) is 6.54 Å². The van der Waals surface area contributed by atoms with Crippen molar-refractivity contribution < 1.29 is 0 Å². The molecule has 0 saturated carbocycles. The number of hydrogen-bond donors (Lipinski definition) is 2. The first-order chi connectivity index (χ1) is 11.7. The van der Waals surface area contributed by atoms with Gasteiger partial charge in [-0.15, -0.1) is 0 Å². The van der Waals surface area contributed by atoms with Crippen LogP contribution >= 0.6 is 11.6 Å². The molecule has 0 unspecified atom stereocenters. The molecule has 4 rings (SSSR count). The van der Waals surface area contributed by atoms with E-state index in [1.807, 2.05) is 6.20 Å². The smallest absolute Gasteiger partial charge is 0.285 e. The maximum atomic E-state index is 11.6. The summed E-state index contributed by atoms with van der Waals surface area (Å²) in [5, 5.41) is 14.7. The van der Waals surface area contributed by atoms with E-state index in [-0.39, 0.29) is 10.6 Å². The summed E-state index contributed by atoms with van der Waals surface area (Å²) < 4.78 is 0. The predicted molar refractivity (Wildman–Crippen MR) is 93.5 cm³/mol. The van der Waals surface area contributed by atoms with Crippen LogP contribution in [-0.4, -0.2) is 51.5 Å². The zero-order chi connectivity index (χ0) is 16.5. The van der Waals surface area contributed by atoms with Gasteiger partial charge in [-0.1, -0.05) is 29.8 Å². The fourth-order valence-electron chi connectivity index (χ4n) is 3.14. The number of rotatable bonds is 3. The first-order valence-electron chi connectivity index (χ1n) is 7.84. The van der Waals surface area contributed by atoms with Crippen molar-refractivity contribution in [1.82, 2.24) is 25.3 Å². The van der Waals surface area contributed by atoms with Crippen molar-refractivity contribution in [3.05, 3.63) is 51.5 Å². The number of benzene rings is 1. The Balaban J connectivity index is 1.46. The van der Waals surface area contributed by atoms with E-state index in [9.17, 15) is 4.79 Å². The minimum atomic E-state index is -0.345. The average molecular weight is 345 g/mol. The molecule has 0 atom stereocenters. The first kappa shape index (κ1) is 15.2. The number of para-hydroxylation sites is 1. The normalized spacial score (nSPS) is 16.0. The lowest BCUT2D eigenvalue weighted by molar-refractivity contribution is 0.250. The second kappa shape index (κ2) is 6.26. The van der Waals surface area contributed by atoms with E-state index in [4.69, 9.17) is 11.6 Å². The summed E-state index contributed by atoms with van der Waals surface area (Å²) in [6.07, 6.45) is 3.46. The van der Waals surface area contributed by atoms with Gasteiger partial charge in [0.25, 0.3) is 5.56 Å². The molecule has 24 heavy (non-hydrogen) atoms. The SMILES string of the molecule is O=c1[nH]ncc(N2CCN(Cc3cccc4cn[nH]c34)CC2)c1Cl. The number of hydrogen-bond acceptors (Lipinski definition) is 5. The average Bonchev–Trinajstić information content (AvgIpc) is 3.08. The molecule has 1 aliphatic heterocycles. The predicted octanol–water partition coefficient (Wildman–Crippen LogP) is 1.62. The molecule has 0 bridgehead atoms. The third-order valence-electron chi connectivity index (χ3n) is 4.45. The van der Waals surface area contributed by atoms with E-state index in [0.29, 0.717) is 5.69 Å². The summed E-state index contributed by atoms with van der Waals surface area (Å²) in [6, 6.07) is 6.25. The Kier molecular flexibility index (Phi) is 3.95. The standard InChI is InChI=1S/C16H17ClN6O/c17-14-13(9-19-21-16(14)24)23-6-4-22(5-7-23)10-12-3-1-2-11-8-18-20-15(11)12/h1-3,8-9H,4-7,10H2,(H,18,20)(H,21,24). The molecule has 0 radical (unpaired) electrons. The molecule has 3 heterocycles. The van der Waals surface area contributed by atoms with E-state index in [2.05, 4.69) is 48.4 Å². The van der Waals surface area contributed by atoms with Crippen LogP contribution in [0.4, 0.5) is 5.69 Å². The Morgan fingerprint density at radius 1 is 1.08 bits per heavy atom. The molecule has 2 N–H and O–H groups in total. The second-order valence-electron chi connectivity index (χ2n) is 5.91. The Hall–Kier alpha value is -2.38. The quantitative estimate of drug-likeness (QED) is 0.754. The molecule has 3 aromatic rings. The number of aromatic amines is 2. The minimum absolute atomic E-state index is 0.209. The number of piperazine rings is 1. The summed E-state index contributed by atoms with van der Waals surface area (Å²) in [5.41, 5.74) is 2.70. The van der Waals surface area contributed by atoms with Crippen molar-refractivity contribution in [2.24, 2.45) is 0 Å². The van der Waals surface area contributed by atoms with Gasteiger partial charge in [-0.25, -0.2) is 5.10 Å². The largest absolute Gasteiger partial charge is 0.366 e. The third-order valence-corrected chi connectivity index (χ3v) is 4.81. The van der Waals surface area contributed by atoms with Crippen LogP contribution in [0.15, 0.2) is 35.4 Å². The number of aromatic nitrogens is 4. The maximum Gasteiger partial charge on any atom is 0.285 e. The molecule has 8 heteroatoms. The molecular formula is C16H17ClN6O. The van der Waals surface area contributed by atoms with Crippen LogP contribution in [0.2, 0.25) is 5.02 Å². The van der Waals surface area contributed by atoms with Crippen LogP contribution in [0.25, 0.3) is 10.9 Å². The number of nitrogens with one attached hydrogen (secondary N) is 2. The molecule has 0 aliphatic carbocycles. The molecule has 0 spiro atoms. The molecule has 0 amide bonds. The highest BCUT2D eigenvalue weighted by Gasteiger charge is 2.21. The topological polar surface area (TPSA) is 80.9 Å². The van der Waals surface area contributed by atoms with Crippen LogP contribution in [0.1, 0.15) is 5.56 Å². The van der Waals surface area contributed by atoms with E-state index in [1.54, 1.807) is 6.20 Å². The van der Waals surface area contributed by atoms with Crippen molar-refractivity contribution in [1.29, 1.82) is 0 Å². The number of fused-ring (bicyclic) bond motifs is 1. The molecule has 1 aromatic carbocycles. The van der Waals surface area contributed by atoms with E-state index in [0.717, 1.165) is 43.6 Å². The van der Waals surface area contributed by atoms with Crippen LogP contribution in [-0.2, 0) is 6.54 Å². The van der Waals surface area contributed by atoms with Crippen LogP contribution < -0.4 is 10.5 Å². The molecular weight excluding hydrogens is 328 g/mol. The van der Waals surface area contributed by atoms with Crippen molar-refractivity contribution >= 4 is 28.2 Å². The highest BCUT2D eigenvalue weighted by molar-refractivity contribution is 6.33. The minimum Gasteiger partial charge on any atom is -0.366 e. The Morgan fingerprint density at radius 3 is 2.71 bits per heavy atom. The molecule has 1 aliphatic rings. The zero-order valence-corrected chi connectivity index (χ0v) is 13.8. The third kappa shape index (κ3) is 2.76. The second-order valence-corrected chi connectivity index (χ2v) is 6.29. The van der Waals surface area contributed by atoms with Crippen LogP contribution in [0.5, 0.6) is 0 Å². The summed E-state index contributed by atoms with van der Waals surface area (Å²) in [5.74, 6) is 0. The highest BCUT2D eigenvalue weighted by atomic mass is 35.5. The molecule has 7 nitrogen and oxygen atoms in total. The van der Waals surface area contributed by atoms with E-state index < -0.39 is 0 Å². The fraction of sp³-hybridized carbons (Fsp3) is 0.312. The summed E-state index contributed by atoms with van der Waals surface area (Å²) in [4.78, 5) is 16.1. The van der Waals surface area contributed by atoms with Crippen LogP contribution in [0, 0.1) is 0 Å². The lowest BCUT2D eigenvalue weighted by Crippen LogP contribution is -2.46. The van der Waals surface area contributed by atoms with Gasteiger partial charge >= 0.3 is 0 Å². The summed E-state index contributed by atoms with van der Waals surface area (Å²) >= 11 is 6.10. The van der Waals surface area contributed by atoms with Gasteiger partial charge in [0.05, 0.1) is 23.6 Å². The van der Waals surface area contributed by atoms with Gasteiger partial charge in [0.1, 0.15) is 5.02 Å². The Morgan fingerprint density at radius 2 is 1.88 bits per heavy atom. The molecule has 1 fully saturated rings. The number of anilines is 1. The zero-order valence-electron chi connectivity index (χ0n) is 13.0. The van der Waals surface area contributed by atoms with Gasteiger partial charge in [0.2, 0.25) is 0 Å². The lowest BCUT2D eigenvalue weighted by atomic mass is 10.1. The number of H-pyrrole nitrogens is 2. The summed E-state index contributed by atoms with van der Waals surface area (Å²) in [7, 11) is 0. The molecule has 124 valence electrons. The highest BCUT2D eigenvalue weighted by Crippen LogP contribution is 2.23.